The van der Waals surface area contributed by atoms with Crippen LogP contribution in [0.1, 0.15) is 29.6 Å². The lowest BCUT2D eigenvalue weighted by molar-refractivity contribution is 0.0697. The molecule has 0 unspecified atom stereocenters. The summed E-state index contributed by atoms with van der Waals surface area (Å²) in [5.41, 5.74) is 0.538. The summed E-state index contributed by atoms with van der Waals surface area (Å²) in [6.45, 7) is 2.85. The fourth-order valence-corrected chi connectivity index (χ4v) is 1.58. The van der Waals surface area contributed by atoms with E-state index in [-0.39, 0.29) is 18.1 Å². The van der Waals surface area contributed by atoms with E-state index in [4.69, 9.17) is 14.3 Å². The van der Waals surface area contributed by atoms with Crippen LogP contribution in [0.2, 0.25) is 0 Å². The molecule has 0 radical (unpaired) electrons. The molecule has 1 aromatic carbocycles. The molecule has 2 rings (SSSR count). The number of hydrogen-bond donors (Lipinski definition) is 1. The Kier molecular flexibility index (Phi) is 4.25. The average Bonchev–Trinajstić information content (AvgIpc) is 2.88. The maximum Gasteiger partial charge on any atom is 0.336 e. The number of carbonyl (C=O) groups is 1. The molecule has 0 fully saturated rings. The van der Waals surface area contributed by atoms with Gasteiger partial charge in [0.25, 0.3) is 0 Å². The molecule has 19 heavy (non-hydrogen) atoms. The van der Waals surface area contributed by atoms with Crippen LogP contribution in [0.25, 0.3) is 11.5 Å². The van der Waals surface area contributed by atoms with Crippen LogP contribution in [0, 0.1) is 0 Å². The van der Waals surface area contributed by atoms with E-state index >= 15 is 0 Å². The van der Waals surface area contributed by atoms with Gasteiger partial charge in [-0.3, -0.25) is 0 Å². The lowest BCUT2D eigenvalue weighted by Gasteiger charge is -2.00. The largest absolute Gasteiger partial charge is 0.478 e. The number of aromatic carboxylic acids is 1. The Morgan fingerprint density at radius 3 is 2.89 bits per heavy atom. The van der Waals surface area contributed by atoms with Crippen LogP contribution in [-0.4, -0.2) is 27.9 Å². The van der Waals surface area contributed by atoms with E-state index in [1.165, 1.54) is 6.07 Å². The zero-order chi connectivity index (χ0) is 13.7. The summed E-state index contributed by atoms with van der Waals surface area (Å²) in [5.74, 6) is -0.505. The van der Waals surface area contributed by atoms with Crippen LogP contribution < -0.4 is 0 Å². The third kappa shape index (κ3) is 3.17. The van der Waals surface area contributed by atoms with E-state index < -0.39 is 5.97 Å². The zero-order valence-corrected chi connectivity index (χ0v) is 10.5. The summed E-state index contributed by atoms with van der Waals surface area (Å²) in [7, 11) is 0. The summed E-state index contributed by atoms with van der Waals surface area (Å²) in [6, 6.07) is 6.50. The second-order valence-electron chi connectivity index (χ2n) is 3.90. The minimum Gasteiger partial charge on any atom is -0.478 e. The fourth-order valence-electron chi connectivity index (χ4n) is 1.58. The number of carboxylic acids is 1. The summed E-state index contributed by atoms with van der Waals surface area (Å²) < 4.78 is 10.7. The minimum absolute atomic E-state index is 0.132. The number of nitrogens with zero attached hydrogens (tertiary/aromatic N) is 2. The smallest absolute Gasteiger partial charge is 0.336 e. The Morgan fingerprint density at radius 1 is 1.37 bits per heavy atom. The highest BCUT2D eigenvalue weighted by molar-refractivity contribution is 5.94. The fraction of sp³-hybridized carbons (Fsp3) is 0.308. The first kappa shape index (κ1) is 13.2. The molecule has 0 saturated carbocycles. The third-order valence-corrected chi connectivity index (χ3v) is 2.43. The number of carboxylic acid groups (broad SMARTS) is 1. The summed E-state index contributed by atoms with van der Waals surface area (Å²) in [5, 5.41) is 16.8. The van der Waals surface area contributed by atoms with Crippen LogP contribution in [0.4, 0.5) is 0 Å². The highest BCUT2D eigenvalue weighted by Crippen LogP contribution is 2.22. The lowest BCUT2D eigenvalue weighted by Crippen LogP contribution is -1.99. The molecule has 1 heterocycles. The SMILES string of the molecule is CCCOCc1nnc(-c2ccccc2C(=O)O)o1. The summed E-state index contributed by atoms with van der Waals surface area (Å²) in [6.07, 6.45) is 0.906. The van der Waals surface area contributed by atoms with Crippen LogP contribution in [-0.2, 0) is 11.3 Å². The van der Waals surface area contributed by atoms with Gasteiger partial charge in [-0.2, -0.15) is 0 Å². The Balaban J connectivity index is 2.21. The maximum atomic E-state index is 11.1. The molecule has 6 heteroatoms. The van der Waals surface area contributed by atoms with Gasteiger partial charge in [0.15, 0.2) is 0 Å². The monoisotopic (exact) mass is 262 g/mol. The molecule has 6 nitrogen and oxygen atoms in total. The van der Waals surface area contributed by atoms with Crippen LogP contribution in [0.3, 0.4) is 0 Å². The van der Waals surface area contributed by atoms with Crippen LogP contribution >= 0.6 is 0 Å². The van der Waals surface area contributed by atoms with Crippen molar-refractivity contribution in [3.8, 4) is 11.5 Å². The quantitative estimate of drug-likeness (QED) is 0.804. The molecule has 0 bridgehead atoms. The van der Waals surface area contributed by atoms with E-state index in [9.17, 15) is 4.79 Å². The number of ether oxygens (including phenoxy) is 1. The average molecular weight is 262 g/mol. The Hall–Kier alpha value is -2.21. The molecular formula is C13H14N2O4. The summed E-state index contributed by atoms with van der Waals surface area (Å²) in [4.78, 5) is 11.1. The predicted molar refractivity (Wildman–Crippen MR) is 66.6 cm³/mol. The second kappa shape index (κ2) is 6.10. The van der Waals surface area contributed by atoms with Gasteiger partial charge < -0.3 is 14.3 Å². The minimum atomic E-state index is -1.03. The zero-order valence-electron chi connectivity index (χ0n) is 10.5. The first-order valence-electron chi connectivity index (χ1n) is 5.95. The van der Waals surface area contributed by atoms with Crippen molar-refractivity contribution in [3.05, 3.63) is 35.7 Å². The Morgan fingerprint density at radius 2 is 2.16 bits per heavy atom. The number of benzene rings is 1. The van der Waals surface area contributed by atoms with Crippen LogP contribution in [0.5, 0.6) is 0 Å². The number of rotatable bonds is 6. The predicted octanol–water partition coefficient (Wildman–Crippen LogP) is 2.36. The molecule has 1 N–H and O–H groups in total. The van der Waals surface area contributed by atoms with Gasteiger partial charge in [0.2, 0.25) is 11.8 Å². The normalized spacial score (nSPS) is 10.6. The van der Waals surface area contributed by atoms with Gasteiger partial charge in [-0.25, -0.2) is 4.79 Å². The molecule has 0 saturated heterocycles. The van der Waals surface area contributed by atoms with Crippen molar-refractivity contribution >= 4 is 5.97 Å². The molecule has 0 amide bonds. The second-order valence-corrected chi connectivity index (χ2v) is 3.90. The lowest BCUT2D eigenvalue weighted by atomic mass is 10.1. The molecule has 0 aliphatic rings. The van der Waals surface area contributed by atoms with E-state index in [1.807, 2.05) is 6.92 Å². The molecule has 0 spiro atoms. The first-order valence-corrected chi connectivity index (χ1v) is 5.95. The Bertz CT molecular complexity index is 565. The van der Waals surface area contributed by atoms with Crippen molar-refractivity contribution in [2.75, 3.05) is 6.61 Å². The molecule has 0 atom stereocenters. The van der Waals surface area contributed by atoms with E-state index in [1.54, 1.807) is 18.2 Å². The van der Waals surface area contributed by atoms with Gasteiger partial charge >= 0.3 is 5.97 Å². The van der Waals surface area contributed by atoms with Gasteiger partial charge in [0.1, 0.15) is 6.61 Å². The highest BCUT2D eigenvalue weighted by atomic mass is 16.5. The molecule has 0 aliphatic carbocycles. The molecule has 1 aromatic heterocycles. The van der Waals surface area contributed by atoms with Gasteiger partial charge in [-0.05, 0) is 18.6 Å². The standard InChI is InChI=1S/C13H14N2O4/c1-2-7-18-8-11-14-15-12(19-11)9-5-3-4-6-10(9)13(16)17/h3-6H,2,7-8H2,1H3,(H,16,17). The molecule has 2 aromatic rings. The molecule has 0 aliphatic heterocycles. The van der Waals surface area contributed by atoms with Gasteiger partial charge in [0.05, 0.1) is 11.1 Å². The van der Waals surface area contributed by atoms with E-state index in [2.05, 4.69) is 10.2 Å². The Labute approximate surface area is 110 Å². The third-order valence-electron chi connectivity index (χ3n) is 2.43. The first-order chi connectivity index (χ1) is 9.22. The van der Waals surface area contributed by atoms with Gasteiger partial charge in [0, 0.05) is 6.61 Å². The van der Waals surface area contributed by atoms with Gasteiger partial charge in [-0.1, -0.05) is 19.1 Å². The summed E-state index contributed by atoms with van der Waals surface area (Å²) >= 11 is 0. The number of aromatic nitrogens is 2. The van der Waals surface area contributed by atoms with Crippen molar-refractivity contribution in [2.45, 2.75) is 20.0 Å². The van der Waals surface area contributed by atoms with Gasteiger partial charge in [-0.15, -0.1) is 10.2 Å². The van der Waals surface area contributed by atoms with Crippen molar-refractivity contribution in [3.63, 3.8) is 0 Å². The maximum absolute atomic E-state index is 11.1. The van der Waals surface area contributed by atoms with Crippen molar-refractivity contribution < 1.29 is 19.1 Å². The van der Waals surface area contributed by atoms with Crippen LogP contribution in [0.15, 0.2) is 28.7 Å². The molecular weight excluding hydrogens is 248 g/mol. The number of hydrogen-bond acceptors (Lipinski definition) is 5. The van der Waals surface area contributed by atoms with E-state index in [0.717, 1.165) is 6.42 Å². The highest BCUT2D eigenvalue weighted by Gasteiger charge is 2.16. The van der Waals surface area contributed by atoms with Crippen molar-refractivity contribution in [1.82, 2.24) is 10.2 Å². The van der Waals surface area contributed by atoms with Crippen molar-refractivity contribution in [2.24, 2.45) is 0 Å². The van der Waals surface area contributed by atoms with Crippen molar-refractivity contribution in [1.29, 1.82) is 0 Å². The molecule has 100 valence electrons. The van der Waals surface area contributed by atoms with E-state index in [0.29, 0.717) is 18.1 Å². The topological polar surface area (TPSA) is 85.5 Å².